The highest BCUT2D eigenvalue weighted by atomic mass is 19.0. The van der Waals surface area contributed by atoms with E-state index in [1.54, 1.807) is 0 Å². The maximum atomic E-state index is 9.59. The molecular formula is C10H19FO8-2. The van der Waals surface area contributed by atoms with Crippen molar-refractivity contribution in [1.29, 1.82) is 0 Å². The zero-order valence-corrected chi connectivity index (χ0v) is 11.2. The van der Waals surface area contributed by atoms with Crippen LogP contribution in [0, 0.1) is 0 Å². The summed E-state index contributed by atoms with van der Waals surface area (Å²) in [5, 5.41) is 16.9. The van der Waals surface area contributed by atoms with Crippen molar-refractivity contribution in [1.82, 2.24) is 0 Å². The summed E-state index contributed by atoms with van der Waals surface area (Å²) in [5.41, 5.74) is 0. The fourth-order valence-corrected chi connectivity index (χ4v) is 0. The lowest BCUT2D eigenvalue weighted by atomic mass is 10.8. The molecule has 9 heteroatoms. The van der Waals surface area contributed by atoms with Crippen LogP contribution in [0.15, 0.2) is 19.1 Å². The molecule has 0 unspecified atom stereocenters. The molecule has 0 aliphatic carbocycles. The first-order valence-corrected chi connectivity index (χ1v) is 3.97. The lowest BCUT2D eigenvalue weighted by Crippen LogP contribution is -3.00. The molecule has 0 amide bonds. The quantitative estimate of drug-likeness (QED) is 0.293. The Morgan fingerprint density at radius 2 is 1.32 bits per heavy atom. The minimum atomic E-state index is -0.833. The second kappa shape index (κ2) is 36.1. The van der Waals surface area contributed by atoms with E-state index < -0.39 is 11.9 Å². The van der Waals surface area contributed by atoms with Crippen LogP contribution >= 0.6 is 0 Å². The van der Waals surface area contributed by atoms with Crippen molar-refractivity contribution < 1.29 is 44.3 Å². The number of esters is 1. The Labute approximate surface area is 110 Å². The van der Waals surface area contributed by atoms with Gasteiger partial charge in [0.2, 0.25) is 0 Å². The molecule has 19 heavy (non-hydrogen) atoms. The van der Waals surface area contributed by atoms with Gasteiger partial charge in [-0.15, -0.1) is 0 Å². The van der Waals surface area contributed by atoms with E-state index in [1.165, 1.54) is 27.1 Å². The number of aliphatic carboxylic acids is 1. The van der Waals surface area contributed by atoms with Gasteiger partial charge in [0, 0.05) is 19.8 Å². The van der Waals surface area contributed by atoms with Gasteiger partial charge >= 0.3 is 5.97 Å². The molecule has 0 rings (SSSR count). The van der Waals surface area contributed by atoms with E-state index in [2.05, 4.69) is 22.6 Å². The van der Waals surface area contributed by atoms with Gasteiger partial charge in [0.05, 0.1) is 7.11 Å². The molecule has 0 saturated heterocycles. The Balaban J connectivity index is -0.0000000291. The van der Waals surface area contributed by atoms with Crippen LogP contribution in [0.25, 0.3) is 0 Å². The molecule has 0 fully saturated rings. The van der Waals surface area contributed by atoms with Gasteiger partial charge < -0.3 is 29.9 Å². The number of carbonyl (C=O) groups excluding carboxylic acids is 2. The van der Waals surface area contributed by atoms with Crippen LogP contribution in [0.1, 0.15) is 13.8 Å². The third-order valence-corrected chi connectivity index (χ3v) is 0.515. The number of carbonyl (C=O) groups is 2. The van der Waals surface area contributed by atoms with Gasteiger partial charge in [-0.25, -0.2) is 4.79 Å². The molecule has 0 atom stereocenters. The van der Waals surface area contributed by atoms with Gasteiger partial charge in [-0.05, 0) is 13.7 Å². The van der Waals surface area contributed by atoms with Crippen molar-refractivity contribution in [2.75, 3.05) is 14.2 Å². The van der Waals surface area contributed by atoms with E-state index >= 15 is 0 Å². The number of ether oxygens (including phenoxy) is 2. The monoisotopic (exact) mass is 286 g/mol. The van der Waals surface area contributed by atoms with E-state index in [0.717, 1.165) is 6.92 Å². The van der Waals surface area contributed by atoms with Gasteiger partial charge in [-0.1, -0.05) is 6.58 Å². The highest BCUT2D eigenvalue weighted by Gasteiger charge is 1.75. The molecule has 0 bridgehead atoms. The summed E-state index contributed by atoms with van der Waals surface area (Å²) in [6.45, 7) is 8.02. The lowest BCUT2D eigenvalue weighted by Gasteiger charge is -2.01. The zero-order chi connectivity index (χ0) is 14.9. The van der Waals surface area contributed by atoms with Crippen molar-refractivity contribution in [3.63, 3.8) is 0 Å². The first-order chi connectivity index (χ1) is 7.69. The second-order valence-corrected chi connectivity index (χ2v) is 1.94. The van der Waals surface area contributed by atoms with Crippen molar-refractivity contribution >= 4 is 17.9 Å². The largest absolute Gasteiger partial charge is 1.00 e. The molecule has 116 valence electrons. The van der Waals surface area contributed by atoms with Crippen LogP contribution < -0.4 is 9.81 Å². The van der Waals surface area contributed by atoms with E-state index in [-0.39, 0.29) is 16.1 Å². The third kappa shape index (κ3) is 1100. The zero-order valence-electron chi connectivity index (χ0n) is 11.2. The molecule has 0 aromatic carbocycles. The van der Waals surface area contributed by atoms with Crippen molar-refractivity contribution in [3.05, 3.63) is 19.1 Å². The summed E-state index contributed by atoms with van der Waals surface area (Å²) in [6, 6.07) is 0. The third-order valence-electron chi connectivity index (χ3n) is 0.515. The fraction of sp³-hybridized carbons (Fsp3) is 0.400. The smallest absolute Gasteiger partial charge is 0.302 e. The second-order valence-electron chi connectivity index (χ2n) is 1.94. The number of rotatable bonds is 1. The van der Waals surface area contributed by atoms with Crippen LogP contribution in [-0.4, -0.2) is 42.7 Å². The number of hydrogen-bond donors (Lipinski definition) is 1. The molecular weight excluding hydrogens is 267 g/mol. The Morgan fingerprint density at radius 1 is 1.21 bits per heavy atom. The van der Waals surface area contributed by atoms with Crippen LogP contribution in [0.3, 0.4) is 0 Å². The van der Waals surface area contributed by atoms with Crippen LogP contribution in [-0.2, 0) is 23.9 Å². The van der Waals surface area contributed by atoms with Crippen LogP contribution in [0.2, 0.25) is 0 Å². The normalized spacial score (nSPS) is 5.26. The van der Waals surface area contributed by atoms with Gasteiger partial charge in [0.15, 0.2) is 0 Å². The van der Waals surface area contributed by atoms with E-state index in [9.17, 15) is 9.90 Å². The number of hydrogen-bond acceptors (Lipinski definition) is 6. The summed E-state index contributed by atoms with van der Waals surface area (Å²) in [6.07, 6.45) is 0. The predicted molar refractivity (Wildman–Crippen MR) is 62.1 cm³/mol. The Hall–Kier alpha value is -2.38. The van der Waals surface area contributed by atoms with Crippen LogP contribution in [0.5, 0.6) is 0 Å². The van der Waals surface area contributed by atoms with E-state index in [1.807, 2.05) is 0 Å². The lowest BCUT2D eigenvalue weighted by molar-refractivity contribution is -0.352. The number of halogens is 1. The van der Waals surface area contributed by atoms with Crippen LogP contribution in [0.4, 0.5) is 0 Å². The molecule has 0 spiro atoms. The Morgan fingerprint density at radius 3 is 1.32 bits per heavy atom. The minimum Gasteiger partial charge on any atom is -1.00 e. The summed E-state index contributed by atoms with van der Waals surface area (Å²) in [7, 11) is 2.64. The first kappa shape index (κ1) is 36.0. The van der Waals surface area contributed by atoms with Gasteiger partial charge in [0.1, 0.15) is 5.94 Å². The van der Waals surface area contributed by atoms with Crippen molar-refractivity contribution in [2.45, 2.75) is 13.8 Å². The number of carboxylic acids is 1. The Kier molecular flexibility index (Phi) is 68.3. The van der Waals surface area contributed by atoms with E-state index in [0.29, 0.717) is 0 Å². The minimum absolute atomic E-state index is 0. The van der Waals surface area contributed by atoms with Gasteiger partial charge in [-0.3, -0.25) is 9.59 Å². The highest BCUT2D eigenvalue weighted by Crippen LogP contribution is 1.67. The molecule has 0 saturated carbocycles. The first-order valence-electron chi connectivity index (χ1n) is 3.97. The topological polar surface area (TPSA) is 144 Å². The van der Waals surface area contributed by atoms with Gasteiger partial charge in [0.25, 0.3) is 5.97 Å². The summed E-state index contributed by atoms with van der Waals surface area (Å²) < 4.78 is 8.11. The molecule has 0 radical (unpaired) electrons. The summed E-state index contributed by atoms with van der Waals surface area (Å²) in [5.74, 6) is -0.324. The molecule has 0 aliphatic rings. The van der Waals surface area contributed by atoms with Gasteiger partial charge in [-0.2, -0.15) is 0 Å². The SMILES string of the molecule is C=C([O-])OC.C=C=O.CC(=O)O.COC(C)=O.O.[F-]. The average molecular weight is 286 g/mol. The standard InChI is InChI=1S/2C3H6O2.C2H4O2.C2H2O.FH.H2O/c2*1-3(4)5-2;1-2(3)4;1-2-3;;/h1-2H3;4H,1H2,2H3;1H3,(H,3,4);1H2;1H;1H2/p-2. The Bertz CT molecular complexity index is 228. The molecule has 0 aromatic rings. The summed E-state index contributed by atoms with van der Waals surface area (Å²) >= 11 is 0. The number of carboxylic acid groups (broad SMARTS) is 1. The molecule has 0 aliphatic heterocycles. The fourth-order valence-electron chi connectivity index (χ4n) is 0. The summed E-state index contributed by atoms with van der Waals surface area (Å²) in [4.78, 5) is 27.2. The molecule has 0 heterocycles. The maximum Gasteiger partial charge on any atom is 0.302 e. The predicted octanol–water partition coefficient (Wildman–Crippen LogP) is -4.08. The molecule has 0 aromatic heterocycles. The molecule has 3 N–H and O–H groups in total. The van der Waals surface area contributed by atoms with Crippen molar-refractivity contribution in [3.8, 4) is 0 Å². The maximum absolute atomic E-state index is 9.59. The van der Waals surface area contributed by atoms with Crippen molar-refractivity contribution in [2.24, 2.45) is 0 Å². The average Bonchev–Trinajstić information content (AvgIpc) is 2.19. The molecule has 8 nitrogen and oxygen atoms in total. The number of methoxy groups -OCH3 is 2. The van der Waals surface area contributed by atoms with E-state index in [4.69, 9.17) is 14.7 Å². The highest BCUT2D eigenvalue weighted by molar-refractivity contribution is 5.65.